The van der Waals surface area contributed by atoms with E-state index in [1.807, 2.05) is 20.8 Å². The summed E-state index contributed by atoms with van der Waals surface area (Å²) in [4.78, 5) is 11.2. The Balaban J connectivity index is 2.14. The van der Waals surface area contributed by atoms with E-state index in [9.17, 15) is 4.79 Å². The zero-order valence-corrected chi connectivity index (χ0v) is 8.83. The van der Waals surface area contributed by atoms with Crippen molar-refractivity contribution in [1.82, 2.24) is 5.32 Å². The third-order valence-corrected chi connectivity index (χ3v) is 2.00. The topological polar surface area (TPSA) is 62.1 Å². The summed E-state index contributed by atoms with van der Waals surface area (Å²) in [6.45, 7) is 6.01. The molecule has 4 nitrogen and oxygen atoms in total. The van der Waals surface area contributed by atoms with Gasteiger partial charge in [-0.3, -0.25) is 0 Å². The predicted molar refractivity (Wildman–Crippen MR) is 51.4 cm³/mol. The average Bonchev–Trinajstić information content (AvgIpc) is 2.76. The Morgan fingerprint density at radius 1 is 1.64 bits per heavy atom. The molecule has 1 rings (SSSR count). The lowest BCUT2D eigenvalue weighted by Crippen LogP contribution is -2.33. The van der Waals surface area contributed by atoms with Crippen LogP contribution in [0.4, 0.5) is 4.79 Å². The van der Waals surface area contributed by atoms with E-state index in [-0.39, 0.29) is 5.92 Å². The Kier molecular flexibility index (Phi) is 3.00. The van der Waals surface area contributed by atoms with Gasteiger partial charge < -0.3 is 10.1 Å². The van der Waals surface area contributed by atoms with Crippen LogP contribution in [0.1, 0.15) is 27.2 Å². The van der Waals surface area contributed by atoms with Crippen LogP contribution >= 0.6 is 0 Å². The quantitative estimate of drug-likeness (QED) is 0.730. The average molecular weight is 196 g/mol. The summed E-state index contributed by atoms with van der Waals surface area (Å²) in [5.74, 6) is 0.456. The number of nitrogens with zero attached hydrogens (tertiary/aromatic N) is 1. The molecule has 1 saturated carbocycles. The Labute approximate surface area is 84.2 Å². The molecular weight excluding hydrogens is 180 g/mol. The van der Waals surface area contributed by atoms with Crippen molar-refractivity contribution in [1.29, 1.82) is 5.26 Å². The zero-order chi connectivity index (χ0) is 10.8. The van der Waals surface area contributed by atoms with Crippen LogP contribution in [0.2, 0.25) is 0 Å². The van der Waals surface area contributed by atoms with Crippen LogP contribution in [0.25, 0.3) is 0 Å². The first-order valence-corrected chi connectivity index (χ1v) is 4.79. The Hall–Kier alpha value is -1.24. The van der Waals surface area contributed by atoms with E-state index in [0.29, 0.717) is 12.5 Å². The van der Waals surface area contributed by atoms with Gasteiger partial charge in [0.15, 0.2) is 0 Å². The summed E-state index contributed by atoms with van der Waals surface area (Å²) >= 11 is 0. The minimum Gasteiger partial charge on any atom is -0.444 e. The van der Waals surface area contributed by atoms with Gasteiger partial charge in [-0.15, -0.1) is 0 Å². The van der Waals surface area contributed by atoms with E-state index < -0.39 is 11.7 Å². The summed E-state index contributed by atoms with van der Waals surface area (Å²) in [6, 6.07) is 2.17. The molecule has 0 radical (unpaired) electrons. The SMILES string of the molecule is CC(C)(C)OC(=O)NC[C@@H]1C[C@H]1C#N. The lowest BCUT2D eigenvalue weighted by Gasteiger charge is -2.19. The van der Waals surface area contributed by atoms with E-state index >= 15 is 0 Å². The van der Waals surface area contributed by atoms with Gasteiger partial charge in [0, 0.05) is 6.54 Å². The van der Waals surface area contributed by atoms with Crippen molar-refractivity contribution in [2.45, 2.75) is 32.8 Å². The maximum absolute atomic E-state index is 11.2. The first-order chi connectivity index (χ1) is 6.42. The molecule has 1 aliphatic carbocycles. The predicted octanol–water partition coefficient (Wildman–Crippen LogP) is 1.67. The van der Waals surface area contributed by atoms with Crippen LogP contribution in [-0.4, -0.2) is 18.2 Å². The number of carbonyl (C=O) groups excluding carboxylic acids is 1. The molecular formula is C10H16N2O2. The molecule has 0 saturated heterocycles. The smallest absolute Gasteiger partial charge is 0.407 e. The van der Waals surface area contributed by atoms with Gasteiger partial charge in [-0.2, -0.15) is 5.26 Å². The van der Waals surface area contributed by atoms with Crippen LogP contribution < -0.4 is 5.32 Å². The maximum Gasteiger partial charge on any atom is 0.407 e. The number of alkyl carbamates (subject to hydrolysis) is 1. The highest BCUT2D eigenvalue weighted by molar-refractivity contribution is 5.67. The summed E-state index contributed by atoms with van der Waals surface area (Å²) in [7, 11) is 0. The van der Waals surface area contributed by atoms with Gasteiger partial charge in [0.2, 0.25) is 0 Å². The molecule has 1 fully saturated rings. The Morgan fingerprint density at radius 2 is 2.29 bits per heavy atom. The van der Waals surface area contributed by atoms with Gasteiger partial charge in [0.25, 0.3) is 0 Å². The van der Waals surface area contributed by atoms with Crippen molar-refractivity contribution in [2.75, 3.05) is 6.54 Å². The summed E-state index contributed by atoms with van der Waals surface area (Å²) in [5.41, 5.74) is -0.456. The van der Waals surface area contributed by atoms with E-state index in [1.54, 1.807) is 0 Å². The third kappa shape index (κ3) is 3.65. The number of carbonyl (C=O) groups is 1. The third-order valence-electron chi connectivity index (χ3n) is 2.00. The zero-order valence-electron chi connectivity index (χ0n) is 8.83. The highest BCUT2D eigenvalue weighted by atomic mass is 16.6. The number of ether oxygens (including phenoxy) is 1. The largest absolute Gasteiger partial charge is 0.444 e. The normalized spacial score (nSPS) is 25.0. The van der Waals surface area contributed by atoms with Crippen LogP contribution in [0, 0.1) is 23.2 Å². The van der Waals surface area contributed by atoms with E-state index in [1.165, 1.54) is 0 Å². The van der Waals surface area contributed by atoms with Crippen LogP contribution in [0.3, 0.4) is 0 Å². The van der Waals surface area contributed by atoms with Gasteiger partial charge >= 0.3 is 6.09 Å². The van der Waals surface area contributed by atoms with Gasteiger partial charge in [0.05, 0.1) is 12.0 Å². The van der Waals surface area contributed by atoms with Crippen molar-refractivity contribution >= 4 is 6.09 Å². The van der Waals surface area contributed by atoms with E-state index in [0.717, 1.165) is 6.42 Å². The van der Waals surface area contributed by atoms with Crippen LogP contribution in [0.5, 0.6) is 0 Å². The number of nitriles is 1. The number of amides is 1. The lowest BCUT2D eigenvalue weighted by molar-refractivity contribution is 0.0525. The van der Waals surface area contributed by atoms with Crippen molar-refractivity contribution in [2.24, 2.45) is 11.8 Å². The second-order valence-corrected chi connectivity index (χ2v) is 4.61. The standard InChI is InChI=1S/C10H16N2O2/c1-10(2,3)14-9(13)12-6-8-4-7(8)5-11/h7-8H,4,6H2,1-3H3,(H,12,13)/t7-,8-/m0/s1. The molecule has 1 N–H and O–H groups in total. The Morgan fingerprint density at radius 3 is 2.71 bits per heavy atom. The summed E-state index contributed by atoms with van der Waals surface area (Å²) in [5, 5.41) is 11.2. The van der Waals surface area contributed by atoms with Gasteiger partial charge in [-0.05, 0) is 33.1 Å². The second kappa shape index (κ2) is 3.87. The monoisotopic (exact) mass is 196 g/mol. The molecule has 0 aromatic rings. The highest BCUT2D eigenvalue weighted by Crippen LogP contribution is 2.36. The molecule has 4 heteroatoms. The molecule has 0 aromatic heterocycles. The van der Waals surface area contributed by atoms with Gasteiger partial charge in [-0.25, -0.2) is 4.79 Å². The molecule has 0 heterocycles. The molecule has 0 bridgehead atoms. The summed E-state index contributed by atoms with van der Waals surface area (Å²) < 4.78 is 5.05. The molecule has 14 heavy (non-hydrogen) atoms. The van der Waals surface area contributed by atoms with Crippen molar-refractivity contribution < 1.29 is 9.53 Å². The number of hydrogen-bond donors (Lipinski definition) is 1. The van der Waals surface area contributed by atoms with Crippen molar-refractivity contribution in [3.05, 3.63) is 0 Å². The van der Waals surface area contributed by atoms with Crippen molar-refractivity contribution in [3.8, 4) is 6.07 Å². The van der Waals surface area contributed by atoms with Crippen molar-refractivity contribution in [3.63, 3.8) is 0 Å². The molecule has 0 unspecified atom stereocenters. The van der Waals surface area contributed by atoms with E-state index in [4.69, 9.17) is 10.00 Å². The van der Waals surface area contributed by atoms with Crippen LogP contribution in [0.15, 0.2) is 0 Å². The Bertz CT molecular complexity index is 262. The van der Waals surface area contributed by atoms with Crippen LogP contribution in [-0.2, 0) is 4.74 Å². The highest BCUT2D eigenvalue weighted by Gasteiger charge is 2.37. The molecule has 0 aliphatic heterocycles. The lowest BCUT2D eigenvalue weighted by atomic mass is 10.2. The molecule has 2 atom stereocenters. The summed E-state index contributed by atoms with van der Waals surface area (Å²) in [6.07, 6.45) is 0.493. The molecule has 78 valence electrons. The minimum atomic E-state index is -0.456. The fourth-order valence-corrected chi connectivity index (χ4v) is 1.16. The minimum absolute atomic E-state index is 0.130. The molecule has 0 spiro atoms. The molecule has 0 aromatic carbocycles. The maximum atomic E-state index is 11.2. The number of hydrogen-bond acceptors (Lipinski definition) is 3. The molecule has 1 amide bonds. The van der Waals surface area contributed by atoms with Gasteiger partial charge in [0.1, 0.15) is 5.60 Å². The second-order valence-electron chi connectivity index (χ2n) is 4.61. The number of nitrogens with one attached hydrogen (secondary N) is 1. The fraction of sp³-hybridized carbons (Fsp3) is 0.800. The number of rotatable bonds is 2. The van der Waals surface area contributed by atoms with Gasteiger partial charge in [-0.1, -0.05) is 0 Å². The first-order valence-electron chi connectivity index (χ1n) is 4.79. The fourth-order valence-electron chi connectivity index (χ4n) is 1.16. The van der Waals surface area contributed by atoms with E-state index in [2.05, 4.69) is 11.4 Å². The molecule has 1 aliphatic rings. The first kappa shape index (κ1) is 10.8.